The minimum Gasteiger partial charge on any atom is -0.495 e. The molecular weight excluding hydrogens is 188 g/mol. The third-order valence-corrected chi connectivity index (χ3v) is 3.18. The summed E-state index contributed by atoms with van der Waals surface area (Å²) in [5.41, 5.74) is 7.94. The maximum absolute atomic E-state index is 5.69. The van der Waals surface area contributed by atoms with E-state index in [1.807, 2.05) is 0 Å². The largest absolute Gasteiger partial charge is 0.495 e. The van der Waals surface area contributed by atoms with Crippen LogP contribution in [0.3, 0.4) is 0 Å². The molecule has 0 amide bonds. The molecule has 0 atom stereocenters. The summed E-state index contributed by atoms with van der Waals surface area (Å²) < 4.78 is 5.21. The van der Waals surface area contributed by atoms with Gasteiger partial charge < -0.3 is 10.5 Å². The molecule has 0 saturated heterocycles. The van der Waals surface area contributed by atoms with Crippen molar-refractivity contribution in [2.75, 3.05) is 7.11 Å². The number of hydrogen-bond acceptors (Lipinski definition) is 3. The molecule has 2 rings (SSSR count). The Morgan fingerprint density at radius 1 is 1.47 bits per heavy atom. The van der Waals surface area contributed by atoms with Crippen molar-refractivity contribution in [3.05, 3.63) is 23.5 Å². The van der Waals surface area contributed by atoms with E-state index in [0.717, 1.165) is 11.3 Å². The zero-order valence-corrected chi connectivity index (χ0v) is 9.20. The molecule has 82 valence electrons. The predicted octanol–water partition coefficient (Wildman–Crippen LogP) is 2.21. The molecule has 0 bridgehead atoms. The van der Waals surface area contributed by atoms with Gasteiger partial charge in [-0.2, -0.15) is 0 Å². The molecule has 1 fully saturated rings. The molecule has 1 aromatic rings. The Morgan fingerprint density at radius 2 is 2.20 bits per heavy atom. The Labute approximate surface area is 90.7 Å². The van der Waals surface area contributed by atoms with Crippen molar-refractivity contribution in [1.82, 2.24) is 4.98 Å². The Balaban J connectivity index is 2.25. The zero-order chi connectivity index (χ0) is 10.7. The van der Waals surface area contributed by atoms with Crippen molar-refractivity contribution in [1.29, 1.82) is 0 Å². The van der Waals surface area contributed by atoms with Gasteiger partial charge in [0.15, 0.2) is 0 Å². The van der Waals surface area contributed by atoms with Crippen LogP contribution >= 0.6 is 0 Å². The van der Waals surface area contributed by atoms with E-state index in [-0.39, 0.29) is 0 Å². The van der Waals surface area contributed by atoms with E-state index in [1.165, 1.54) is 31.4 Å². The molecule has 1 saturated carbocycles. The van der Waals surface area contributed by atoms with Crippen molar-refractivity contribution in [2.45, 2.75) is 38.1 Å². The van der Waals surface area contributed by atoms with Crippen LogP contribution in [0.15, 0.2) is 12.3 Å². The summed E-state index contributed by atoms with van der Waals surface area (Å²) >= 11 is 0. The van der Waals surface area contributed by atoms with E-state index in [2.05, 4.69) is 11.1 Å². The van der Waals surface area contributed by atoms with Gasteiger partial charge in [0.05, 0.1) is 13.3 Å². The molecule has 0 aromatic carbocycles. The monoisotopic (exact) mass is 206 g/mol. The van der Waals surface area contributed by atoms with Gasteiger partial charge in [0.25, 0.3) is 0 Å². The van der Waals surface area contributed by atoms with Gasteiger partial charge in [-0.1, -0.05) is 12.8 Å². The first-order valence-electron chi connectivity index (χ1n) is 5.58. The first-order valence-corrected chi connectivity index (χ1v) is 5.58. The van der Waals surface area contributed by atoms with E-state index in [1.54, 1.807) is 13.3 Å². The van der Waals surface area contributed by atoms with Gasteiger partial charge in [-0.15, -0.1) is 0 Å². The molecule has 1 aliphatic carbocycles. The highest BCUT2D eigenvalue weighted by molar-refractivity contribution is 5.33. The fourth-order valence-electron chi connectivity index (χ4n) is 2.29. The molecule has 3 heteroatoms. The molecule has 1 aromatic heterocycles. The summed E-state index contributed by atoms with van der Waals surface area (Å²) in [4.78, 5) is 4.46. The van der Waals surface area contributed by atoms with Gasteiger partial charge in [0.1, 0.15) is 5.75 Å². The van der Waals surface area contributed by atoms with Crippen molar-refractivity contribution < 1.29 is 4.74 Å². The van der Waals surface area contributed by atoms with Crippen LogP contribution in [0.5, 0.6) is 5.75 Å². The first-order chi connectivity index (χ1) is 7.35. The maximum atomic E-state index is 5.69. The second-order valence-electron chi connectivity index (χ2n) is 4.11. The van der Waals surface area contributed by atoms with Crippen molar-refractivity contribution in [3.63, 3.8) is 0 Å². The average molecular weight is 206 g/mol. The second kappa shape index (κ2) is 4.62. The zero-order valence-electron chi connectivity index (χ0n) is 9.20. The number of nitrogens with zero attached hydrogens (tertiary/aromatic N) is 1. The van der Waals surface area contributed by atoms with Crippen LogP contribution in [0.25, 0.3) is 0 Å². The lowest BCUT2D eigenvalue weighted by molar-refractivity contribution is 0.407. The molecule has 2 N–H and O–H groups in total. The van der Waals surface area contributed by atoms with Crippen molar-refractivity contribution in [2.24, 2.45) is 5.73 Å². The van der Waals surface area contributed by atoms with Gasteiger partial charge in [0, 0.05) is 23.7 Å². The number of pyridine rings is 1. The van der Waals surface area contributed by atoms with E-state index in [4.69, 9.17) is 10.5 Å². The summed E-state index contributed by atoms with van der Waals surface area (Å²) in [7, 11) is 1.66. The van der Waals surface area contributed by atoms with E-state index < -0.39 is 0 Å². The van der Waals surface area contributed by atoms with Crippen LogP contribution in [0.2, 0.25) is 0 Å². The summed E-state index contributed by atoms with van der Waals surface area (Å²) in [5, 5.41) is 0. The second-order valence-corrected chi connectivity index (χ2v) is 4.11. The lowest BCUT2D eigenvalue weighted by Gasteiger charge is -2.12. The molecule has 0 radical (unpaired) electrons. The number of rotatable bonds is 3. The molecule has 1 heterocycles. The average Bonchev–Trinajstić information content (AvgIpc) is 2.81. The minimum atomic E-state index is 0.519. The summed E-state index contributed by atoms with van der Waals surface area (Å²) in [6, 6.07) is 2.11. The Kier molecular flexibility index (Phi) is 3.21. The SMILES string of the molecule is COc1cnc(C2CCCC2)cc1CN. The highest BCUT2D eigenvalue weighted by Gasteiger charge is 2.19. The number of ether oxygens (including phenoxy) is 1. The molecule has 0 unspecified atom stereocenters. The summed E-state index contributed by atoms with van der Waals surface area (Å²) in [6.07, 6.45) is 7.00. The molecule has 3 nitrogen and oxygen atoms in total. The van der Waals surface area contributed by atoms with Crippen molar-refractivity contribution >= 4 is 0 Å². The third-order valence-electron chi connectivity index (χ3n) is 3.18. The topological polar surface area (TPSA) is 48.1 Å². The van der Waals surface area contributed by atoms with Gasteiger partial charge in [0.2, 0.25) is 0 Å². The van der Waals surface area contributed by atoms with Gasteiger partial charge in [-0.05, 0) is 18.9 Å². The van der Waals surface area contributed by atoms with Crippen LogP contribution in [-0.2, 0) is 6.54 Å². The summed E-state index contributed by atoms with van der Waals surface area (Å²) in [5.74, 6) is 1.44. The van der Waals surface area contributed by atoms with Crippen molar-refractivity contribution in [3.8, 4) is 5.75 Å². The quantitative estimate of drug-likeness (QED) is 0.824. The van der Waals surface area contributed by atoms with Gasteiger partial charge in [-0.25, -0.2) is 0 Å². The van der Waals surface area contributed by atoms with E-state index in [9.17, 15) is 0 Å². The fourth-order valence-corrected chi connectivity index (χ4v) is 2.29. The highest BCUT2D eigenvalue weighted by Crippen LogP contribution is 2.34. The standard InChI is InChI=1S/C12H18N2O/c1-15-12-8-14-11(6-10(12)7-13)9-4-2-3-5-9/h6,8-9H,2-5,7,13H2,1H3. The minimum absolute atomic E-state index is 0.519. The van der Waals surface area contributed by atoms with Gasteiger partial charge >= 0.3 is 0 Å². The molecule has 1 aliphatic rings. The Morgan fingerprint density at radius 3 is 2.80 bits per heavy atom. The lowest BCUT2D eigenvalue weighted by atomic mass is 10.0. The van der Waals surface area contributed by atoms with E-state index >= 15 is 0 Å². The number of aromatic nitrogens is 1. The molecule has 0 spiro atoms. The van der Waals surface area contributed by atoms with Gasteiger partial charge in [-0.3, -0.25) is 4.98 Å². The highest BCUT2D eigenvalue weighted by atomic mass is 16.5. The van der Waals surface area contributed by atoms with E-state index in [0.29, 0.717) is 12.5 Å². The van der Waals surface area contributed by atoms with Crippen LogP contribution in [-0.4, -0.2) is 12.1 Å². The third kappa shape index (κ3) is 2.12. The normalized spacial score (nSPS) is 16.9. The Bertz CT molecular complexity index is 332. The fraction of sp³-hybridized carbons (Fsp3) is 0.583. The number of hydrogen-bond donors (Lipinski definition) is 1. The summed E-state index contributed by atoms with van der Waals surface area (Å²) in [6.45, 7) is 0.519. The smallest absolute Gasteiger partial charge is 0.141 e. The molecular formula is C12H18N2O. The van der Waals surface area contributed by atoms with Crippen LogP contribution in [0, 0.1) is 0 Å². The number of methoxy groups -OCH3 is 1. The van der Waals surface area contributed by atoms with Crippen LogP contribution < -0.4 is 10.5 Å². The molecule has 0 aliphatic heterocycles. The number of nitrogens with two attached hydrogens (primary N) is 1. The van der Waals surface area contributed by atoms with Crippen LogP contribution in [0.1, 0.15) is 42.9 Å². The maximum Gasteiger partial charge on any atom is 0.141 e. The molecule has 15 heavy (non-hydrogen) atoms. The lowest BCUT2D eigenvalue weighted by Crippen LogP contribution is -2.04. The predicted molar refractivity (Wildman–Crippen MR) is 59.9 cm³/mol. The first kappa shape index (κ1) is 10.4. The van der Waals surface area contributed by atoms with Crippen LogP contribution in [0.4, 0.5) is 0 Å². The Hall–Kier alpha value is -1.09.